The number of aromatic nitrogens is 1. The fourth-order valence-corrected chi connectivity index (χ4v) is 4.15. The molecule has 0 aliphatic heterocycles. The highest BCUT2D eigenvalue weighted by molar-refractivity contribution is 6.00. The number of urea groups is 1. The van der Waals surface area contributed by atoms with Gasteiger partial charge in [0, 0.05) is 29.4 Å². The second-order valence-electron chi connectivity index (χ2n) is 8.40. The molecule has 0 atom stereocenters. The van der Waals surface area contributed by atoms with Crippen LogP contribution in [0.15, 0.2) is 66.7 Å². The number of aryl methyl sites for hydroxylation is 1. The summed E-state index contributed by atoms with van der Waals surface area (Å²) in [5.74, 6) is 1.19. The molecule has 0 aliphatic carbocycles. The van der Waals surface area contributed by atoms with Gasteiger partial charge in [0.2, 0.25) is 0 Å². The zero-order valence-corrected chi connectivity index (χ0v) is 19.8. The number of benzene rings is 3. The van der Waals surface area contributed by atoms with Gasteiger partial charge in [0.05, 0.1) is 23.9 Å². The minimum absolute atomic E-state index is 0.308. The number of nitrogens with one attached hydrogen (secondary N) is 2. The van der Waals surface area contributed by atoms with Crippen LogP contribution in [0.4, 0.5) is 16.2 Å². The number of methoxy groups -OCH3 is 1. The molecule has 2 amide bonds. The molecule has 0 bridgehead atoms. The lowest BCUT2D eigenvalue weighted by Gasteiger charge is -2.11. The Morgan fingerprint density at radius 2 is 1.62 bits per heavy atom. The molecular weight excluding hydrogens is 424 g/mol. The number of amides is 2. The monoisotopic (exact) mass is 452 g/mol. The molecule has 6 heteroatoms. The molecular formula is C28H28N4O2. The lowest BCUT2D eigenvalue weighted by atomic mass is 10.0. The number of anilines is 2. The minimum atomic E-state index is -0.308. The molecule has 2 N–H and O–H groups in total. The maximum absolute atomic E-state index is 12.5. The van der Waals surface area contributed by atoms with E-state index in [9.17, 15) is 10.1 Å². The number of nitrogens with zero attached hydrogens (tertiary/aromatic N) is 2. The number of hydrogen-bond acceptors (Lipinski definition) is 3. The normalized spacial score (nSPS) is 10.8. The van der Waals surface area contributed by atoms with E-state index in [-0.39, 0.29) is 6.03 Å². The van der Waals surface area contributed by atoms with Crippen LogP contribution in [0, 0.1) is 11.3 Å². The van der Waals surface area contributed by atoms with Gasteiger partial charge in [-0.2, -0.15) is 5.26 Å². The van der Waals surface area contributed by atoms with Crippen molar-refractivity contribution in [1.82, 2.24) is 4.57 Å². The molecule has 4 aromatic rings. The highest BCUT2D eigenvalue weighted by Gasteiger charge is 2.18. The number of ether oxygens (including phenoxy) is 1. The first-order valence-electron chi connectivity index (χ1n) is 11.3. The van der Waals surface area contributed by atoms with E-state index < -0.39 is 0 Å². The summed E-state index contributed by atoms with van der Waals surface area (Å²) < 4.78 is 7.50. The Morgan fingerprint density at radius 3 is 2.15 bits per heavy atom. The minimum Gasteiger partial charge on any atom is -0.497 e. The standard InChI is InChI=1S/C28H28N4O2/c1-5-32-26-16-23(34-4)14-15-24(26)25(17-29)27(32)20-8-12-22(13-9-20)31-28(33)30-21-10-6-19(7-11-21)18(2)3/h6-16,18H,5H2,1-4H3,(H2,30,31,33). The van der Waals surface area contributed by atoms with Crippen molar-refractivity contribution in [3.05, 3.63) is 77.9 Å². The van der Waals surface area contributed by atoms with Crippen molar-refractivity contribution in [1.29, 1.82) is 5.26 Å². The molecule has 1 aromatic heterocycles. The Kier molecular flexibility index (Phi) is 6.55. The lowest BCUT2D eigenvalue weighted by molar-refractivity contribution is 0.262. The first kappa shape index (κ1) is 22.9. The van der Waals surface area contributed by atoms with Crippen LogP contribution in [0.25, 0.3) is 22.2 Å². The molecule has 4 rings (SSSR count). The molecule has 0 aliphatic rings. The van der Waals surface area contributed by atoms with Gasteiger partial charge in [-0.25, -0.2) is 4.79 Å². The molecule has 34 heavy (non-hydrogen) atoms. The third-order valence-electron chi connectivity index (χ3n) is 5.95. The van der Waals surface area contributed by atoms with Gasteiger partial charge in [0.15, 0.2) is 0 Å². The Hall–Kier alpha value is -4.24. The SMILES string of the molecule is CCn1c(-c2ccc(NC(=O)Nc3ccc(C(C)C)cc3)cc2)c(C#N)c2ccc(OC)cc21. The third kappa shape index (κ3) is 4.46. The fraction of sp³-hybridized carbons (Fsp3) is 0.214. The summed E-state index contributed by atoms with van der Waals surface area (Å²) in [4.78, 5) is 12.5. The summed E-state index contributed by atoms with van der Waals surface area (Å²) in [5, 5.41) is 16.5. The van der Waals surface area contributed by atoms with Gasteiger partial charge < -0.3 is 19.9 Å². The second-order valence-corrected chi connectivity index (χ2v) is 8.40. The fourth-order valence-electron chi connectivity index (χ4n) is 4.15. The van der Waals surface area contributed by atoms with Crippen molar-refractivity contribution >= 4 is 28.3 Å². The zero-order chi connectivity index (χ0) is 24.2. The van der Waals surface area contributed by atoms with Gasteiger partial charge in [-0.3, -0.25) is 0 Å². The first-order chi connectivity index (χ1) is 16.4. The van der Waals surface area contributed by atoms with Gasteiger partial charge in [0.1, 0.15) is 11.8 Å². The van der Waals surface area contributed by atoms with E-state index in [1.165, 1.54) is 5.56 Å². The highest BCUT2D eigenvalue weighted by Crippen LogP contribution is 2.35. The summed E-state index contributed by atoms with van der Waals surface area (Å²) in [6.07, 6.45) is 0. The van der Waals surface area contributed by atoms with Crippen LogP contribution < -0.4 is 15.4 Å². The molecule has 0 saturated heterocycles. The second kappa shape index (κ2) is 9.72. The number of hydrogen-bond donors (Lipinski definition) is 2. The van der Waals surface area contributed by atoms with E-state index in [0.29, 0.717) is 23.7 Å². The van der Waals surface area contributed by atoms with Crippen molar-refractivity contribution in [2.45, 2.75) is 33.2 Å². The van der Waals surface area contributed by atoms with Crippen molar-refractivity contribution < 1.29 is 9.53 Å². The lowest BCUT2D eigenvalue weighted by Crippen LogP contribution is -2.19. The molecule has 6 nitrogen and oxygen atoms in total. The van der Waals surface area contributed by atoms with Gasteiger partial charge in [-0.1, -0.05) is 38.1 Å². The third-order valence-corrected chi connectivity index (χ3v) is 5.95. The number of fused-ring (bicyclic) bond motifs is 1. The van der Waals surface area contributed by atoms with Crippen LogP contribution in [0.2, 0.25) is 0 Å². The summed E-state index contributed by atoms with van der Waals surface area (Å²) in [6, 6.07) is 23.2. The molecule has 0 fully saturated rings. The van der Waals surface area contributed by atoms with E-state index in [4.69, 9.17) is 4.74 Å². The quantitative estimate of drug-likeness (QED) is 0.331. The number of nitriles is 1. The summed E-state index contributed by atoms with van der Waals surface area (Å²) in [5.41, 5.74) is 5.97. The van der Waals surface area contributed by atoms with Gasteiger partial charge >= 0.3 is 6.03 Å². The van der Waals surface area contributed by atoms with Crippen molar-refractivity contribution in [2.24, 2.45) is 0 Å². The number of carbonyl (C=O) groups excluding carboxylic acids is 1. The smallest absolute Gasteiger partial charge is 0.323 e. The molecule has 3 aromatic carbocycles. The maximum atomic E-state index is 12.5. The Morgan fingerprint density at radius 1 is 1.00 bits per heavy atom. The average molecular weight is 453 g/mol. The Labute approximate surface area is 199 Å². The van der Waals surface area contributed by atoms with E-state index in [0.717, 1.165) is 33.6 Å². The molecule has 0 spiro atoms. The number of carbonyl (C=O) groups is 1. The van der Waals surface area contributed by atoms with Crippen molar-refractivity contribution in [3.63, 3.8) is 0 Å². The van der Waals surface area contributed by atoms with Gasteiger partial charge in [-0.15, -0.1) is 0 Å². The van der Waals surface area contributed by atoms with Crippen LogP contribution in [-0.4, -0.2) is 17.7 Å². The van der Waals surface area contributed by atoms with Crippen molar-refractivity contribution in [2.75, 3.05) is 17.7 Å². The maximum Gasteiger partial charge on any atom is 0.323 e. The van der Waals surface area contributed by atoms with Gasteiger partial charge in [0.25, 0.3) is 0 Å². The van der Waals surface area contributed by atoms with E-state index in [1.54, 1.807) is 7.11 Å². The predicted molar refractivity (Wildman–Crippen MR) is 137 cm³/mol. The predicted octanol–water partition coefficient (Wildman–Crippen LogP) is 6.98. The highest BCUT2D eigenvalue weighted by atomic mass is 16.5. The molecule has 0 saturated carbocycles. The largest absolute Gasteiger partial charge is 0.497 e. The summed E-state index contributed by atoms with van der Waals surface area (Å²) >= 11 is 0. The average Bonchev–Trinajstić information content (AvgIpc) is 3.17. The molecule has 0 unspecified atom stereocenters. The molecule has 0 radical (unpaired) electrons. The van der Waals surface area contributed by atoms with E-state index in [2.05, 4.69) is 42.0 Å². The number of rotatable bonds is 6. The van der Waals surface area contributed by atoms with E-state index >= 15 is 0 Å². The molecule has 172 valence electrons. The first-order valence-corrected chi connectivity index (χ1v) is 11.3. The Bertz CT molecular complexity index is 1360. The van der Waals surface area contributed by atoms with Crippen LogP contribution in [0.5, 0.6) is 5.75 Å². The Balaban J connectivity index is 1.57. The van der Waals surface area contributed by atoms with Crippen LogP contribution in [0.3, 0.4) is 0 Å². The van der Waals surface area contributed by atoms with Crippen LogP contribution in [0.1, 0.15) is 37.8 Å². The van der Waals surface area contributed by atoms with Gasteiger partial charge in [-0.05, 0) is 60.4 Å². The van der Waals surface area contributed by atoms with Crippen molar-refractivity contribution in [3.8, 4) is 23.1 Å². The van der Waals surface area contributed by atoms with Crippen LogP contribution in [-0.2, 0) is 6.54 Å². The zero-order valence-electron chi connectivity index (χ0n) is 19.8. The summed E-state index contributed by atoms with van der Waals surface area (Å²) in [7, 11) is 1.63. The van der Waals surface area contributed by atoms with Crippen LogP contribution >= 0.6 is 0 Å². The van der Waals surface area contributed by atoms with E-state index in [1.807, 2.05) is 66.7 Å². The topological polar surface area (TPSA) is 79.1 Å². The molecule has 1 heterocycles. The summed E-state index contributed by atoms with van der Waals surface area (Å²) in [6.45, 7) is 7.03.